The van der Waals surface area contributed by atoms with Crippen molar-refractivity contribution < 1.29 is 53.6 Å². The van der Waals surface area contributed by atoms with Gasteiger partial charge in [0.1, 0.15) is 36.5 Å². The number of nitrogens with zero attached hydrogens (tertiary/aromatic N) is 3. The van der Waals surface area contributed by atoms with E-state index in [0.29, 0.717) is 41.4 Å². The number of allylic oxidation sites excluding steroid dienone is 1. The number of benzene rings is 3. The zero-order valence-corrected chi connectivity index (χ0v) is 38.3. The molecule has 0 saturated heterocycles. The molecule has 3 aliphatic rings. The Bertz CT molecular complexity index is 2090. The van der Waals surface area contributed by atoms with E-state index in [2.05, 4.69) is 12.7 Å². The summed E-state index contributed by atoms with van der Waals surface area (Å²) in [5.41, 5.74) is 2.86. The van der Waals surface area contributed by atoms with Gasteiger partial charge in [-0.25, -0.2) is 4.79 Å². The van der Waals surface area contributed by atoms with Crippen LogP contribution in [0.25, 0.3) is 0 Å². The Morgan fingerprint density at radius 2 is 1.74 bits per heavy atom. The van der Waals surface area contributed by atoms with Gasteiger partial charge in [0.25, 0.3) is 5.69 Å². The predicted octanol–water partition coefficient (Wildman–Crippen LogP) is 8.63. The van der Waals surface area contributed by atoms with Crippen LogP contribution in [0.1, 0.15) is 62.0 Å². The molecule has 3 aromatic rings. The molecule has 65 heavy (non-hydrogen) atoms. The minimum absolute atomic E-state index is 0.00376. The molecule has 2 aliphatic carbocycles. The van der Waals surface area contributed by atoms with E-state index >= 15 is 0 Å². The molecule has 1 amide bonds. The Labute approximate surface area is 389 Å². The zero-order chi connectivity index (χ0) is 46.2. The van der Waals surface area contributed by atoms with Gasteiger partial charge in [-0.15, -0.1) is 29.9 Å². The topological polar surface area (TPSA) is 192 Å². The van der Waals surface area contributed by atoms with Gasteiger partial charge in [0, 0.05) is 54.7 Å². The van der Waals surface area contributed by atoms with Crippen molar-refractivity contribution in [2.45, 2.75) is 74.2 Å². The van der Waals surface area contributed by atoms with Crippen LogP contribution in [0.3, 0.4) is 0 Å². The molecule has 0 bridgehead atoms. The normalized spacial score (nSPS) is 22.5. The lowest BCUT2D eigenvalue weighted by Crippen LogP contribution is -2.70. The minimum Gasteiger partial charge on any atom is -0.459 e. The summed E-state index contributed by atoms with van der Waals surface area (Å²) in [5, 5.41) is 45.6. The van der Waals surface area contributed by atoms with Gasteiger partial charge in [-0.05, 0) is 110 Å². The number of halogens is 1. The van der Waals surface area contributed by atoms with Crippen LogP contribution in [0, 0.1) is 27.9 Å². The van der Waals surface area contributed by atoms with Gasteiger partial charge in [0.15, 0.2) is 0 Å². The Balaban J connectivity index is 1.56. The highest BCUT2D eigenvalue weighted by atomic mass is 35.5. The second-order valence-corrected chi connectivity index (χ2v) is 17.3. The molecule has 6 atom stereocenters. The van der Waals surface area contributed by atoms with Crippen LogP contribution in [-0.4, -0.2) is 114 Å². The van der Waals surface area contributed by atoms with Crippen molar-refractivity contribution in [2.75, 3.05) is 64.9 Å². The van der Waals surface area contributed by atoms with E-state index in [1.165, 1.54) is 17.0 Å². The number of unbranched alkanes of at least 4 members (excludes halogenated alkanes) is 2. The Hall–Kier alpha value is -4.68. The fourth-order valence-electron chi connectivity index (χ4n) is 9.30. The third-order valence-corrected chi connectivity index (χ3v) is 13.0. The van der Waals surface area contributed by atoms with Crippen molar-refractivity contribution in [3.63, 3.8) is 0 Å². The minimum atomic E-state index is -1.56. The van der Waals surface area contributed by atoms with E-state index in [1.54, 1.807) is 30.0 Å². The number of aliphatic hydroxyl groups is 3. The molecule has 0 unspecified atom stereocenters. The molecule has 15 nitrogen and oxygen atoms in total. The summed E-state index contributed by atoms with van der Waals surface area (Å²) in [6, 6.07) is 18.8. The summed E-state index contributed by atoms with van der Waals surface area (Å²) in [7, 11) is 0. The summed E-state index contributed by atoms with van der Waals surface area (Å²) in [6.45, 7) is 4.01. The van der Waals surface area contributed by atoms with Crippen molar-refractivity contribution in [1.82, 2.24) is 4.90 Å². The van der Waals surface area contributed by atoms with Gasteiger partial charge < -0.3 is 43.8 Å². The average molecular weight is 939 g/mol. The number of carbonyl (C=O) groups excluding carboxylic acids is 1. The third kappa shape index (κ3) is 12.2. The lowest BCUT2D eigenvalue weighted by Gasteiger charge is -2.59. The van der Waals surface area contributed by atoms with Gasteiger partial charge in [-0.2, -0.15) is 0 Å². The molecule has 1 aliphatic heterocycles. The highest BCUT2D eigenvalue weighted by Gasteiger charge is 2.65. The number of amides is 1. The fraction of sp³-hybridized carbons (Fsp3) is 0.500. The maximum absolute atomic E-state index is 14.3. The summed E-state index contributed by atoms with van der Waals surface area (Å²) >= 11 is 7.68. The van der Waals surface area contributed by atoms with Crippen molar-refractivity contribution in [1.29, 1.82) is 0 Å². The number of nitro groups is 1. The van der Waals surface area contributed by atoms with Crippen molar-refractivity contribution in [3.8, 4) is 17.2 Å². The van der Waals surface area contributed by atoms with Crippen molar-refractivity contribution in [2.24, 2.45) is 22.9 Å². The number of carbonyl (C=O) groups is 1. The maximum Gasteiger partial charge on any atom is 0.410 e. The van der Waals surface area contributed by atoms with E-state index in [0.717, 1.165) is 41.7 Å². The number of ether oxygens (including phenoxy) is 5. The lowest BCUT2D eigenvalue weighted by molar-refractivity contribution is -0.384. The van der Waals surface area contributed by atoms with Crippen LogP contribution in [0.5, 0.6) is 17.2 Å². The monoisotopic (exact) mass is 937 g/mol. The molecule has 3 aromatic carbocycles. The number of hydrogen-bond donors (Lipinski definition) is 3. The highest BCUT2D eigenvalue weighted by Crippen LogP contribution is 2.62. The molecule has 1 fully saturated rings. The first-order chi connectivity index (χ1) is 31.7. The van der Waals surface area contributed by atoms with Crippen LogP contribution in [0.2, 0.25) is 0 Å². The first-order valence-electron chi connectivity index (χ1n) is 22.1. The number of oxime groups is 1. The number of alkyl halides is 1. The molecule has 352 valence electrons. The second kappa shape index (κ2) is 24.7. The Morgan fingerprint density at radius 3 is 2.42 bits per heavy atom. The van der Waals surface area contributed by atoms with Crippen LogP contribution in [0.15, 0.2) is 101 Å². The van der Waals surface area contributed by atoms with Crippen molar-refractivity contribution >= 4 is 40.9 Å². The predicted molar refractivity (Wildman–Crippen MR) is 248 cm³/mol. The standard InChI is InChI=1S/C48H60ClN3O12S/c1-3-25-61-48-44(51(21-27-59-28-24-55)47(56)60-26-20-49)31-42(50-62-32-33-10-12-35(13-11-33)52(57)58)40-29-34(8-4-6-22-53)39(9-5-7-23-54)45(46(40)48)41-30-37(16-19-43(41)64-48)63-36-14-17-38(65-2)18-15-36/h3,10-19,29-30,34,39,44-46,53-55H,1,4-9,20-28,31-32H2,2H3/t34-,39+,44-,45+,46+,48+/m0/s1. The molecule has 0 aromatic heterocycles. The number of aliphatic hydroxyl groups excluding tert-OH is 3. The lowest BCUT2D eigenvalue weighted by atomic mass is 9.55. The van der Waals surface area contributed by atoms with Gasteiger partial charge in [0.2, 0.25) is 5.79 Å². The number of thioether (sulfide) groups is 1. The molecule has 17 heteroatoms. The Morgan fingerprint density at radius 1 is 1.00 bits per heavy atom. The molecular weight excluding hydrogens is 878 g/mol. The number of fused-ring (bicyclic) bond motifs is 2. The maximum atomic E-state index is 14.3. The van der Waals surface area contributed by atoms with Crippen molar-refractivity contribution in [3.05, 3.63) is 112 Å². The zero-order valence-electron chi connectivity index (χ0n) is 36.8. The van der Waals surface area contributed by atoms with Gasteiger partial charge in [-0.3, -0.25) is 15.0 Å². The van der Waals surface area contributed by atoms with E-state index < -0.39 is 28.8 Å². The van der Waals surface area contributed by atoms with E-state index in [1.807, 2.05) is 48.7 Å². The molecule has 6 rings (SSSR count). The van der Waals surface area contributed by atoms with Crippen LogP contribution in [-0.2, 0) is 25.7 Å². The molecule has 0 radical (unpaired) electrons. The number of hydrogen-bond acceptors (Lipinski definition) is 14. The molecule has 3 N–H and O–H groups in total. The number of non-ortho nitro benzene ring substituents is 1. The molecule has 1 heterocycles. The SMILES string of the molecule is C=CCO[C@@]12Oc3ccc(Oc4ccc(SC)cc4)cc3[C@H]3[C@H](CCCCO)[C@@H](CCCCO)C=C(C(=NOCc4ccc([N+](=O)[O-])cc4)C[C@@H]1N(CCOCCO)C(=O)OCCCl)[C@H]32. The first kappa shape index (κ1) is 49.7. The number of rotatable bonds is 26. The second-order valence-electron chi connectivity index (χ2n) is 16.1. The molecular formula is C48H60ClN3O12S. The number of nitro benzene ring substituents is 1. The smallest absolute Gasteiger partial charge is 0.410 e. The van der Waals surface area contributed by atoms with E-state index in [9.17, 15) is 30.2 Å². The summed E-state index contributed by atoms with van der Waals surface area (Å²) < 4.78 is 32.2. The largest absolute Gasteiger partial charge is 0.459 e. The summed E-state index contributed by atoms with van der Waals surface area (Å²) in [5.74, 6) is -0.666. The quantitative estimate of drug-likeness (QED) is 0.0173. The van der Waals surface area contributed by atoms with Gasteiger partial charge in [-0.1, -0.05) is 30.1 Å². The van der Waals surface area contributed by atoms with Gasteiger partial charge >= 0.3 is 6.09 Å². The van der Waals surface area contributed by atoms with Crippen LogP contribution >= 0.6 is 23.4 Å². The molecule has 1 saturated carbocycles. The Kier molecular flexibility index (Phi) is 18.9. The van der Waals surface area contributed by atoms with E-state index in [-0.39, 0.29) is 95.1 Å². The van der Waals surface area contributed by atoms with Gasteiger partial charge in [0.05, 0.1) is 48.9 Å². The molecule has 0 spiro atoms. The highest BCUT2D eigenvalue weighted by molar-refractivity contribution is 7.98. The van der Waals surface area contributed by atoms with E-state index in [4.69, 9.17) is 45.3 Å². The fourth-order valence-corrected chi connectivity index (χ4v) is 9.79. The van der Waals surface area contributed by atoms with Crippen LogP contribution in [0.4, 0.5) is 10.5 Å². The summed E-state index contributed by atoms with van der Waals surface area (Å²) in [6.07, 6.45) is 9.51. The summed E-state index contributed by atoms with van der Waals surface area (Å²) in [4.78, 5) is 34.0. The average Bonchev–Trinajstić information content (AvgIpc) is 3.32. The first-order valence-corrected chi connectivity index (χ1v) is 23.9. The third-order valence-electron chi connectivity index (χ3n) is 12.1. The van der Waals surface area contributed by atoms with Crippen LogP contribution < -0.4 is 9.47 Å².